The molecule has 0 saturated heterocycles. The Balaban J connectivity index is 2.26. The van der Waals surface area contributed by atoms with Crippen LogP contribution in [0, 0.1) is 5.82 Å². The zero-order chi connectivity index (χ0) is 14.5. The molecule has 0 fully saturated rings. The Morgan fingerprint density at radius 2 is 1.90 bits per heavy atom. The number of halogens is 2. The lowest BCUT2D eigenvalue weighted by molar-refractivity contribution is -0.135. The van der Waals surface area contributed by atoms with Gasteiger partial charge in [0.15, 0.2) is 0 Å². The summed E-state index contributed by atoms with van der Waals surface area (Å²) in [5.74, 6) is -1.28. The fraction of sp³-hybridized carbons (Fsp3) is 0.133. The van der Waals surface area contributed by atoms with Crippen molar-refractivity contribution in [2.75, 3.05) is 11.4 Å². The lowest BCUT2D eigenvalue weighted by atomic mass is 10.2. The molecule has 104 valence electrons. The van der Waals surface area contributed by atoms with E-state index in [1.807, 2.05) is 30.3 Å². The van der Waals surface area contributed by atoms with Gasteiger partial charge in [-0.2, -0.15) is 0 Å². The average Bonchev–Trinajstić information content (AvgIpc) is 2.37. The van der Waals surface area contributed by atoms with Crippen LogP contribution in [0.3, 0.4) is 0 Å². The molecule has 0 saturated carbocycles. The second-order valence-electron chi connectivity index (χ2n) is 4.36. The van der Waals surface area contributed by atoms with Gasteiger partial charge in [-0.25, -0.2) is 4.39 Å². The molecule has 20 heavy (non-hydrogen) atoms. The molecule has 0 aliphatic heterocycles. The molecule has 5 heteroatoms. The van der Waals surface area contributed by atoms with E-state index in [1.165, 1.54) is 12.1 Å². The molecule has 0 bridgehead atoms. The van der Waals surface area contributed by atoms with Crippen LogP contribution in [0.4, 0.5) is 10.1 Å². The molecule has 0 aliphatic carbocycles. The number of nitrogens with zero attached hydrogens (tertiary/aromatic N) is 1. The first-order valence-electron chi connectivity index (χ1n) is 6.01. The average molecular weight is 338 g/mol. The van der Waals surface area contributed by atoms with Crippen molar-refractivity contribution in [2.45, 2.75) is 6.54 Å². The van der Waals surface area contributed by atoms with Crippen LogP contribution in [0.2, 0.25) is 0 Å². The molecule has 3 nitrogen and oxygen atoms in total. The van der Waals surface area contributed by atoms with E-state index in [0.29, 0.717) is 16.6 Å². The van der Waals surface area contributed by atoms with E-state index in [0.717, 1.165) is 5.69 Å². The molecular formula is C15H13BrFNO2. The fourth-order valence-electron chi connectivity index (χ4n) is 1.96. The number of rotatable bonds is 5. The maximum Gasteiger partial charge on any atom is 0.323 e. The zero-order valence-corrected chi connectivity index (χ0v) is 12.2. The molecule has 1 N–H and O–H groups in total. The van der Waals surface area contributed by atoms with E-state index in [4.69, 9.17) is 5.11 Å². The van der Waals surface area contributed by atoms with Crippen molar-refractivity contribution in [2.24, 2.45) is 0 Å². The van der Waals surface area contributed by atoms with Gasteiger partial charge in [0.05, 0.1) is 0 Å². The first-order chi connectivity index (χ1) is 9.54. The maximum atomic E-state index is 13.4. The van der Waals surface area contributed by atoms with Crippen LogP contribution >= 0.6 is 15.9 Å². The SMILES string of the molecule is O=C(O)CN(Cc1cc(F)cc(Br)c1)c1ccccc1. The van der Waals surface area contributed by atoms with Crippen molar-refractivity contribution in [3.05, 3.63) is 64.4 Å². The summed E-state index contributed by atoms with van der Waals surface area (Å²) in [6, 6.07) is 13.8. The van der Waals surface area contributed by atoms with Crippen LogP contribution in [-0.2, 0) is 11.3 Å². The van der Waals surface area contributed by atoms with Gasteiger partial charge in [-0.05, 0) is 35.9 Å². The third-order valence-corrected chi connectivity index (χ3v) is 3.20. The summed E-state index contributed by atoms with van der Waals surface area (Å²) in [7, 11) is 0. The normalized spacial score (nSPS) is 10.3. The Kier molecular flexibility index (Phi) is 4.74. The van der Waals surface area contributed by atoms with Crippen LogP contribution in [0.15, 0.2) is 53.0 Å². The summed E-state index contributed by atoms with van der Waals surface area (Å²) in [6.07, 6.45) is 0. The number of hydrogen-bond acceptors (Lipinski definition) is 2. The molecule has 0 aliphatic rings. The highest BCUT2D eigenvalue weighted by molar-refractivity contribution is 9.10. The summed E-state index contributed by atoms with van der Waals surface area (Å²) in [5, 5.41) is 9.01. The van der Waals surface area contributed by atoms with Gasteiger partial charge in [0, 0.05) is 16.7 Å². The van der Waals surface area contributed by atoms with Gasteiger partial charge < -0.3 is 10.0 Å². The van der Waals surface area contributed by atoms with Gasteiger partial charge in [-0.1, -0.05) is 34.1 Å². The highest BCUT2D eigenvalue weighted by Gasteiger charge is 2.12. The highest BCUT2D eigenvalue weighted by atomic mass is 79.9. The number of hydrogen-bond donors (Lipinski definition) is 1. The van der Waals surface area contributed by atoms with Crippen molar-refractivity contribution in [3.8, 4) is 0 Å². The van der Waals surface area contributed by atoms with Gasteiger partial charge in [0.25, 0.3) is 0 Å². The lowest BCUT2D eigenvalue weighted by Gasteiger charge is -2.23. The van der Waals surface area contributed by atoms with Crippen LogP contribution in [0.5, 0.6) is 0 Å². The van der Waals surface area contributed by atoms with Crippen molar-refractivity contribution in [1.29, 1.82) is 0 Å². The number of carboxylic acid groups (broad SMARTS) is 1. The minimum Gasteiger partial charge on any atom is -0.480 e. The highest BCUT2D eigenvalue weighted by Crippen LogP contribution is 2.20. The predicted octanol–water partition coefficient (Wildman–Crippen LogP) is 3.68. The van der Waals surface area contributed by atoms with Gasteiger partial charge in [0.1, 0.15) is 12.4 Å². The Morgan fingerprint density at radius 3 is 2.50 bits per heavy atom. The number of carbonyl (C=O) groups is 1. The minimum atomic E-state index is -0.927. The third kappa shape index (κ3) is 4.06. The number of carboxylic acids is 1. The topological polar surface area (TPSA) is 40.5 Å². The van der Waals surface area contributed by atoms with Crippen LogP contribution in [-0.4, -0.2) is 17.6 Å². The van der Waals surface area contributed by atoms with Crippen molar-refractivity contribution in [3.63, 3.8) is 0 Å². The molecular weight excluding hydrogens is 325 g/mol. The molecule has 0 radical (unpaired) electrons. The van der Waals surface area contributed by atoms with E-state index in [9.17, 15) is 9.18 Å². The second kappa shape index (κ2) is 6.52. The molecule has 0 heterocycles. The van der Waals surface area contributed by atoms with Gasteiger partial charge in [-0.3, -0.25) is 4.79 Å². The monoisotopic (exact) mass is 337 g/mol. The lowest BCUT2D eigenvalue weighted by Crippen LogP contribution is -2.29. The molecule has 2 rings (SSSR count). The molecule has 0 amide bonds. The van der Waals surface area contributed by atoms with Gasteiger partial charge in [0.2, 0.25) is 0 Å². The van der Waals surface area contributed by atoms with Crippen LogP contribution in [0.1, 0.15) is 5.56 Å². The summed E-state index contributed by atoms with van der Waals surface area (Å²) in [6.45, 7) is 0.185. The summed E-state index contributed by atoms with van der Waals surface area (Å²) in [4.78, 5) is 12.7. The van der Waals surface area contributed by atoms with Gasteiger partial charge >= 0.3 is 5.97 Å². The third-order valence-electron chi connectivity index (χ3n) is 2.74. The predicted molar refractivity (Wildman–Crippen MR) is 79.2 cm³/mol. The van der Waals surface area contributed by atoms with E-state index in [-0.39, 0.29) is 12.4 Å². The van der Waals surface area contributed by atoms with Crippen molar-refractivity contribution >= 4 is 27.6 Å². The van der Waals surface area contributed by atoms with Crippen molar-refractivity contribution < 1.29 is 14.3 Å². The van der Waals surface area contributed by atoms with Gasteiger partial charge in [-0.15, -0.1) is 0 Å². The quantitative estimate of drug-likeness (QED) is 0.904. The molecule has 2 aromatic rings. The molecule has 0 aromatic heterocycles. The number of para-hydroxylation sites is 1. The first kappa shape index (κ1) is 14.5. The fourth-order valence-corrected chi connectivity index (χ4v) is 2.48. The summed E-state index contributed by atoms with van der Waals surface area (Å²) >= 11 is 3.24. The van der Waals surface area contributed by atoms with E-state index in [2.05, 4.69) is 15.9 Å². The standard InChI is InChI=1S/C15H13BrFNO2/c16-12-6-11(7-13(17)8-12)9-18(10-15(19)20)14-4-2-1-3-5-14/h1-8H,9-10H2,(H,19,20). The van der Waals surface area contributed by atoms with Crippen LogP contribution < -0.4 is 4.90 Å². The molecule has 0 spiro atoms. The Morgan fingerprint density at radius 1 is 1.20 bits per heavy atom. The first-order valence-corrected chi connectivity index (χ1v) is 6.80. The number of benzene rings is 2. The van der Waals surface area contributed by atoms with E-state index in [1.54, 1.807) is 11.0 Å². The number of anilines is 1. The molecule has 0 atom stereocenters. The Labute approximate surface area is 124 Å². The Bertz CT molecular complexity index is 584. The zero-order valence-electron chi connectivity index (χ0n) is 10.6. The van der Waals surface area contributed by atoms with E-state index >= 15 is 0 Å². The van der Waals surface area contributed by atoms with Crippen molar-refractivity contribution in [1.82, 2.24) is 0 Å². The Hall–Kier alpha value is -1.88. The minimum absolute atomic E-state index is 0.141. The largest absolute Gasteiger partial charge is 0.480 e. The maximum absolute atomic E-state index is 13.4. The molecule has 2 aromatic carbocycles. The number of aliphatic carboxylic acids is 1. The van der Waals surface area contributed by atoms with E-state index < -0.39 is 5.97 Å². The second-order valence-corrected chi connectivity index (χ2v) is 5.28. The smallest absolute Gasteiger partial charge is 0.323 e. The van der Waals surface area contributed by atoms with Crippen LogP contribution in [0.25, 0.3) is 0 Å². The summed E-state index contributed by atoms with van der Waals surface area (Å²) in [5.41, 5.74) is 1.50. The summed E-state index contributed by atoms with van der Waals surface area (Å²) < 4.78 is 14.0. The molecule has 0 unspecified atom stereocenters.